The maximum Gasteiger partial charge on any atom is 1.00 e. The number of hydrogen-bond donors (Lipinski definition) is 2. The van der Waals surface area contributed by atoms with Crippen molar-refractivity contribution in [2.24, 2.45) is 0 Å². The number of nitrogens with zero attached hydrogens (tertiary/aromatic N) is 1. The van der Waals surface area contributed by atoms with Crippen LogP contribution in [0.2, 0.25) is 0 Å². The maximum atomic E-state index is 11.1. The molecule has 1 aromatic rings. The quantitative estimate of drug-likeness (QED) is 0.0739. The minimum absolute atomic E-state index is 0. The Morgan fingerprint density at radius 2 is 1.34 bits per heavy atom. The van der Waals surface area contributed by atoms with Gasteiger partial charge >= 0.3 is 73.4 Å². The van der Waals surface area contributed by atoms with Gasteiger partial charge in [-0.2, -0.15) is 0 Å². The van der Waals surface area contributed by atoms with E-state index in [-0.39, 0.29) is 72.1 Å². The van der Waals surface area contributed by atoms with Crippen molar-refractivity contribution in [1.29, 1.82) is 0 Å². The second kappa shape index (κ2) is 24.1. The summed E-state index contributed by atoms with van der Waals surface area (Å²) in [7, 11) is -12.0. The molecule has 0 aliphatic heterocycles. The summed E-state index contributed by atoms with van der Waals surface area (Å²) in [6, 6.07) is 6.67. The molecule has 0 bridgehead atoms. The van der Waals surface area contributed by atoms with Gasteiger partial charge in [-0.25, -0.2) is 0 Å². The van der Waals surface area contributed by atoms with Crippen molar-refractivity contribution in [2.45, 2.75) is 19.3 Å². The molecular weight excluding hydrogens is 679 g/mol. The molecule has 0 saturated carbocycles. The van der Waals surface area contributed by atoms with Crippen LogP contribution in [0.15, 0.2) is 24.3 Å². The molecule has 0 radical (unpaired) electrons. The van der Waals surface area contributed by atoms with Crippen molar-refractivity contribution in [3.8, 4) is 5.75 Å². The summed E-state index contributed by atoms with van der Waals surface area (Å²) in [5, 5.41) is 0. The van der Waals surface area contributed by atoms with Gasteiger partial charge in [0.25, 0.3) is 0 Å². The van der Waals surface area contributed by atoms with E-state index in [1.807, 2.05) is 0 Å². The van der Waals surface area contributed by atoms with Crippen LogP contribution in [0.25, 0.3) is 0 Å². The van der Waals surface area contributed by atoms with Crippen LogP contribution in [0.1, 0.15) is 18.4 Å². The monoisotopic (exact) mass is 705 g/mol. The van der Waals surface area contributed by atoms with Gasteiger partial charge in [0.1, 0.15) is 42.6 Å². The van der Waals surface area contributed by atoms with Gasteiger partial charge in [-0.1, -0.05) is 12.1 Å². The van der Waals surface area contributed by atoms with E-state index in [9.17, 15) is 18.9 Å². The zero-order valence-corrected chi connectivity index (χ0v) is 31.8. The summed E-state index contributed by atoms with van der Waals surface area (Å²) in [4.78, 5) is 41.1. The molecule has 4 atom stereocenters. The van der Waals surface area contributed by atoms with Crippen LogP contribution in [0, 0.1) is 0 Å². The fourth-order valence-corrected chi connectivity index (χ4v) is 6.75. The van der Waals surface area contributed by atoms with E-state index in [1.165, 1.54) is 0 Å². The molecule has 12 nitrogen and oxygen atoms in total. The Labute approximate surface area is 285 Å². The summed E-state index contributed by atoms with van der Waals surface area (Å²) in [6.07, 6.45) is -0.285. The third-order valence-corrected chi connectivity index (χ3v) is 8.72. The van der Waals surface area contributed by atoms with E-state index in [0.29, 0.717) is 52.6 Å². The predicted octanol–water partition coefficient (Wildman–Crippen LogP) is -3.36. The molecule has 22 heteroatoms. The first-order valence-electron chi connectivity index (χ1n) is 10.2. The normalized spacial score (nSPS) is 15.1. The second-order valence-electron chi connectivity index (χ2n) is 7.00. The van der Waals surface area contributed by atoms with Crippen molar-refractivity contribution < 1.29 is 110 Å². The molecular formula is C16H26NNa2O11P5S3+2. The molecule has 0 heterocycles. The average molecular weight is 705 g/mol. The minimum Gasteiger partial charge on any atom is -0.778 e. The number of benzene rings is 1. The van der Waals surface area contributed by atoms with E-state index in [2.05, 4.69) is 11.8 Å². The summed E-state index contributed by atoms with van der Waals surface area (Å²) in [5.74, 6) is 0.466. The Balaban J connectivity index is 0. The van der Waals surface area contributed by atoms with Gasteiger partial charge in [-0.05, 0) is 42.3 Å². The Hall–Kier alpha value is 2.68. The van der Waals surface area contributed by atoms with Crippen LogP contribution >= 0.6 is 37.1 Å². The average Bonchev–Trinajstić information content (AvgIpc) is 2.76. The first-order valence-corrected chi connectivity index (χ1v) is 19.9. The SMILES string of the molecule is O=P([O-])(O)CN(CCc1ccc(O[P+](=S)OCCCO[P+](=S)OCCCOP=S)cc1)CP(=O)([O-])O.[Na+].[Na+]. The van der Waals surface area contributed by atoms with Gasteiger partial charge in [0.2, 0.25) is 23.6 Å². The zero-order valence-electron chi connectivity index (χ0n) is 20.9. The van der Waals surface area contributed by atoms with E-state index in [4.69, 9.17) is 56.0 Å². The molecule has 1 rings (SSSR count). The van der Waals surface area contributed by atoms with Crippen molar-refractivity contribution in [1.82, 2.24) is 4.90 Å². The van der Waals surface area contributed by atoms with Crippen molar-refractivity contribution in [2.75, 3.05) is 45.5 Å². The molecule has 0 saturated heterocycles. The van der Waals surface area contributed by atoms with Crippen LogP contribution in [0.3, 0.4) is 0 Å². The fraction of sp³-hybridized carbons (Fsp3) is 0.625. The molecule has 1 aromatic carbocycles. The van der Waals surface area contributed by atoms with Gasteiger partial charge in [-0.15, -0.1) is 13.6 Å². The summed E-state index contributed by atoms with van der Waals surface area (Å²) >= 11 is 14.9. The molecule has 38 heavy (non-hydrogen) atoms. The topological polar surface area (TPSA) is 170 Å². The molecule has 0 spiro atoms. The third-order valence-electron chi connectivity index (χ3n) is 3.89. The fourth-order valence-electron chi connectivity index (χ4n) is 2.48. The summed E-state index contributed by atoms with van der Waals surface area (Å²) in [6.45, 7) is 1.59. The van der Waals surface area contributed by atoms with Crippen molar-refractivity contribution in [3.63, 3.8) is 0 Å². The maximum absolute atomic E-state index is 11.1. The molecule has 4 unspecified atom stereocenters. The van der Waals surface area contributed by atoms with Gasteiger partial charge < -0.3 is 33.2 Å². The predicted molar refractivity (Wildman–Crippen MR) is 143 cm³/mol. The molecule has 0 aliphatic carbocycles. The van der Waals surface area contributed by atoms with E-state index < -0.39 is 42.1 Å². The largest absolute Gasteiger partial charge is 1.00 e. The summed E-state index contributed by atoms with van der Waals surface area (Å²) < 4.78 is 49.0. The van der Waals surface area contributed by atoms with Crippen molar-refractivity contribution in [3.05, 3.63) is 29.8 Å². The van der Waals surface area contributed by atoms with Crippen LogP contribution in [-0.2, 0) is 69.1 Å². The zero-order chi connectivity index (χ0) is 27.0. The van der Waals surface area contributed by atoms with Gasteiger partial charge in [0, 0.05) is 13.0 Å². The Morgan fingerprint density at radius 3 is 1.82 bits per heavy atom. The first kappa shape index (κ1) is 42.8. The van der Waals surface area contributed by atoms with Crippen LogP contribution in [-0.4, -0.2) is 60.2 Å². The Kier molecular flexibility index (Phi) is 27.1. The van der Waals surface area contributed by atoms with Crippen LogP contribution in [0.5, 0.6) is 5.75 Å². The van der Waals surface area contributed by atoms with Crippen LogP contribution < -0.4 is 73.4 Å². The summed E-state index contributed by atoms with van der Waals surface area (Å²) in [5.41, 5.74) is 0.742. The van der Waals surface area contributed by atoms with Gasteiger partial charge in [-0.3, -0.25) is 9.42 Å². The van der Waals surface area contributed by atoms with Gasteiger partial charge in [0.15, 0.2) is 5.75 Å². The van der Waals surface area contributed by atoms with Gasteiger partial charge in [0.05, 0.1) is 19.2 Å². The minimum atomic E-state index is -4.74. The molecule has 204 valence electrons. The molecule has 0 fully saturated rings. The first-order chi connectivity index (χ1) is 16.9. The number of hydrogen-bond acceptors (Lipinski definition) is 13. The standard InChI is InChI=1S/C16H26NO11P5S3.2Na/c18-32(19,20)13-17(14-33(21,22)23)8-7-15-3-5-16(6-4-15)28-31(36)27-12-2-11-26-30(35)25-10-1-9-24-29-34;;/h3-6H,1-2,7-14H2,(H2-2,18,19,20,21,22,23);;/q;2*+1. The Morgan fingerprint density at radius 1 is 0.868 bits per heavy atom. The molecule has 0 aliphatic rings. The second-order valence-corrected chi connectivity index (χ2v) is 14.6. The smallest absolute Gasteiger partial charge is 0.778 e. The number of rotatable bonds is 21. The Bertz CT molecular complexity index is 918. The molecule has 0 amide bonds. The van der Waals surface area contributed by atoms with Crippen molar-refractivity contribution >= 4 is 72.5 Å². The van der Waals surface area contributed by atoms with Crippen LogP contribution in [0.4, 0.5) is 0 Å². The van der Waals surface area contributed by atoms with E-state index in [0.717, 1.165) is 10.5 Å². The van der Waals surface area contributed by atoms with E-state index >= 15 is 0 Å². The molecule has 2 N–H and O–H groups in total. The molecule has 0 aromatic heterocycles. The third kappa shape index (κ3) is 25.2. The van der Waals surface area contributed by atoms with E-state index in [1.54, 1.807) is 24.3 Å².